The molecule has 202 valence electrons. The number of nitrogens with zero attached hydrogens (tertiary/aromatic N) is 2. The lowest BCUT2D eigenvalue weighted by atomic mass is 10.1. The molecule has 0 unspecified atom stereocenters. The molecule has 8 nitrogen and oxygen atoms in total. The number of hydrogen-bond donors (Lipinski definition) is 2. The number of amides is 1. The minimum absolute atomic E-state index is 0.0289. The van der Waals surface area contributed by atoms with Crippen LogP contribution in [0.25, 0.3) is 16.6 Å². The Morgan fingerprint density at radius 1 is 1.07 bits per heavy atom. The molecule has 40 heavy (non-hydrogen) atoms. The summed E-state index contributed by atoms with van der Waals surface area (Å²) in [5, 5.41) is 6.41. The number of aromatic nitrogens is 3. The Morgan fingerprint density at radius 2 is 1.88 bits per heavy atom. The molecule has 0 aliphatic rings. The molecular formula is C31H27FN4O4. The van der Waals surface area contributed by atoms with Crippen LogP contribution in [0, 0.1) is 5.82 Å². The summed E-state index contributed by atoms with van der Waals surface area (Å²) in [5.74, 6) is -0.292. The number of carbonyl (C=O) groups excluding carboxylic acids is 1. The monoisotopic (exact) mass is 538 g/mol. The van der Waals surface area contributed by atoms with Crippen LogP contribution in [0.5, 0.6) is 17.2 Å². The second kappa shape index (κ2) is 11.3. The van der Waals surface area contributed by atoms with Crippen LogP contribution in [0.2, 0.25) is 0 Å². The number of fused-ring (bicyclic) bond motifs is 1. The van der Waals surface area contributed by atoms with Crippen LogP contribution < -0.4 is 20.3 Å². The highest BCUT2D eigenvalue weighted by molar-refractivity contribution is 6.05. The fourth-order valence-corrected chi connectivity index (χ4v) is 4.28. The van der Waals surface area contributed by atoms with Gasteiger partial charge in [-0.15, -0.1) is 0 Å². The van der Waals surface area contributed by atoms with Crippen molar-refractivity contribution < 1.29 is 18.7 Å². The van der Waals surface area contributed by atoms with Gasteiger partial charge in [0.05, 0.1) is 24.0 Å². The number of para-hydroxylation sites is 1. The molecule has 0 bridgehead atoms. The van der Waals surface area contributed by atoms with E-state index in [1.165, 1.54) is 16.8 Å². The molecule has 0 fully saturated rings. The molecule has 1 amide bonds. The van der Waals surface area contributed by atoms with Crippen LogP contribution in [-0.2, 0) is 6.42 Å². The topological polar surface area (TPSA) is 98.2 Å². The number of nitrogens with one attached hydrogen (secondary N) is 2. The summed E-state index contributed by atoms with van der Waals surface area (Å²) in [6.07, 6.45) is 3.85. The van der Waals surface area contributed by atoms with Gasteiger partial charge in [0.2, 0.25) is 0 Å². The molecule has 9 heteroatoms. The molecule has 5 rings (SSSR count). The summed E-state index contributed by atoms with van der Waals surface area (Å²) in [4.78, 5) is 30.9. The first kappa shape index (κ1) is 26.4. The molecule has 2 N–H and O–H groups in total. The number of anilines is 1. The second-order valence-corrected chi connectivity index (χ2v) is 9.15. The zero-order valence-corrected chi connectivity index (χ0v) is 22.2. The molecule has 0 aliphatic heterocycles. The maximum atomic E-state index is 15.1. The van der Waals surface area contributed by atoms with Crippen molar-refractivity contribution in [3.63, 3.8) is 0 Å². The number of benzene rings is 3. The Labute approximate surface area is 229 Å². The highest BCUT2D eigenvalue weighted by Crippen LogP contribution is 2.33. The molecule has 0 atom stereocenters. The molecule has 2 aromatic heterocycles. The highest BCUT2D eigenvalue weighted by Gasteiger charge is 2.23. The minimum Gasteiger partial charge on any atom is -0.497 e. The van der Waals surface area contributed by atoms with Gasteiger partial charge in [0.25, 0.3) is 11.5 Å². The van der Waals surface area contributed by atoms with E-state index >= 15 is 4.39 Å². The first-order chi connectivity index (χ1) is 19.4. The Bertz CT molecular complexity index is 1790. The van der Waals surface area contributed by atoms with E-state index in [-0.39, 0.29) is 17.0 Å². The fraction of sp³-hybridized carbons (Fsp3) is 0.129. The third-order valence-corrected chi connectivity index (χ3v) is 6.47. The summed E-state index contributed by atoms with van der Waals surface area (Å²) in [6, 6.07) is 20.0. The average molecular weight is 539 g/mol. The van der Waals surface area contributed by atoms with Crippen molar-refractivity contribution >= 4 is 22.5 Å². The van der Waals surface area contributed by atoms with Gasteiger partial charge >= 0.3 is 0 Å². The number of methoxy groups -OCH3 is 1. The molecule has 2 heterocycles. The quantitative estimate of drug-likeness (QED) is 0.222. The predicted molar refractivity (Wildman–Crippen MR) is 152 cm³/mol. The summed E-state index contributed by atoms with van der Waals surface area (Å²) in [6.45, 7) is 3.80. The van der Waals surface area contributed by atoms with Gasteiger partial charge in [-0.05, 0) is 56.3 Å². The minimum atomic E-state index is -0.683. The average Bonchev–Trinajstić information content (AvgIpc) is 3.29. The number of carbonyl (C=O) groups is 1. The third-order valence-electron chi connectivity index (χ3n) is 6.47. The molecule has 0 saturated carbocycles. The predicted octanol–water partition coefficient (Wildman–Crippen LogP) is 6.41. The zero-order valence-electron chi connectivity index (χ0n) is 22.2. The Balaban J connectivity index is 1.42. The number of hydrogen-bond acceptors (Lipinski definition) is 5. The van der Waals surface area contributed by atoms with Crippen LogP contribution in [0.1, 0.15) is 29.9 Å². The van der Waals surface area contributed by atoms with Gasteiger partial charge in [-0.3, -0.25) is 19.7 Å². The standard InChI is InChI=1S/C31H27FN4O4/c1-4-19(2)16-26-29(31(38)36(35-26)21-8-6-5-7-9-21)30(37)34-20-10-13-28(24(32)17-20)40-27-14-15-33-25-18-22(39-3)11-12-23(25)27/h4-15,17-18,35H,16H2,1-3H3,(H,34,37). The third kappa shape index (κ3) is 5.35. The highest BCUT2D eigenvalue weighted by atomic mass is 19.1. The lowest BCUT2D eigenvalue weighted by molar-refractivity contribution is 0.102. The summed E-state index contributed by atoms with van der Waals surface area (Å²) < 4.78 is 27.5. The van der Waals surface area contributed by atoms with E-state index in [1.54, 1.807) is 61.8 Å². The number of rotatable bonds is 8. The van der Waals surface area contributed by atoms with Crippen molar-refractivity contribution in [3.8, 4) is 22.9 Å². The van der Waals surface area contributed by atoms with E-state index in [1.807, 2.05) is 26.0 Å². The fourth-order valence-electron chi connectivity index (χ4n) is 4.28. The van der Waals surface area contributed by atoms with Crippen LogP contribution in [0.4, 0.5) is 10.1 Å². The molecule has 0 aliphatic carbocycles. The molecule has 5 aromatic rings. The van der Waals surface area contributed by atoms with Crippen molar-refractivity contribution in [2.45, 2.75) is 20.3 Å². The van der Waals surface area contributed by atoms with E-state index in [0.29, 0.717) is 40.2 Å². The van der Waals surface area contributed by atoms with E-state index < -0.39 is 17.3 Å². The van der Waals surface area contributed by atoms with Crippen LogP contribution >= 0.6 is 0 Å². The normalized spacial score (nSPS) is 11.4. The number of allylic oxidation sites excluding steroid dienone is 2. The van der Waals surface area contributed by atoms with E-state index in [9.17, 15) is 9.59 Å². The van der Waals surface area contributed by atoms with Gasteiger partial charge < -0.3 is 14.8 Å². The largest absolute Gasteiger partial charge is 0.497 e. The van der Waals surface area contributed by atoms with Crippen LogP contribution in [0.15, 0.2) is 95.4 Å². The molecule has 0 radical (unpaired) electrons. The number of aromatic amines is 1. The van der Waals surface area contributed by atoms with Crippen molar-refractivity contribution in [1.82, 2.24) is 14.8 Å². The molecule has 0 saturated heterocycles. The first-order valence-electron chi connectivity index (χ1n) is 12.6. The van der Waals surface area contributed by atoms with E-state index in [4.69, 9.17) is 9.47 Å². The van der Waals surface area contributed by atoms with Crippen molar-refractivity contribution in [1.29, 1.82) is 0 Å². The van der Waals surface area contributed by atoms with Gasteiger partial charge in [0.1, 0.15) is 17.1 Å². The van der Waals surface area contributed by atoms with Gasteiger partial charge in [-0.2, -0.15) is 0 Å². The van der Waals surface area contributed by atoms with Gasteiger partial charge in [0, 0.05) is 35.8 Å². The van der Waals surface area contributed by atoms with Gasteiger partial charge in [-0.25, -0.2) is 9.07 Å². The van der Waals surface area contributed by atoms with Crippen molar-refractivity contribution in [2.75, 3.05) is 12.4 Å². The zero-order chi connectivity index (χ0) is 28.2. The van der Waals surface area contributed by atoms with Gasteiger partial charge in [-0.1, -0.05) is 29.8 Å². The lowest BCUT2D eigenvalue weighted by Gasteiger charge is -2.11. The summed E-state index contributed by atoms with van der Waals surface area (Å²) in [7, 11) is 1.57. The number of ether oxygens (including phenoxy) is 2. The maximum Gasteiger partial charge on any atom is 0.284 e. The molecule has 0 spiro atoms. The first-order valence-corrected chi connectivity index (χ1v) is 12.6. The van der Waals surface area contributed by atoms with Crippen molar-refractivity contribution in [2.24, 2.45) is 0 Å². The lowest BCUT2D eigenvalue weighted by Crippen LogP contribution is -2.24. The SMILES string of the molecule is CC=C(C)Cc1[nH]n(-c2ccccc2)c(=O)c1C(=O)Nc1ccc(Oc2ccnc3cc(OC)ccc23)c(F)c1. The van der Waals surface area contributed by atoms with Gasteiger partial charge in [0.15, 0.2) is 11.6 Å². The Morgan fingerprint density at radius 3 is 2.60 bits per heavy atom. The van der Waals surface area contributed by atoms with Crippen LogP contribution in [0.3, 0.4) is 0 Å². The van der Waals surface area contributed by atoms with E-state index in [2.05, 4.69) is 15.4 Å². The summed E-state index contributed by atoms with van der Waals surface area (Å²) in [5.41, 5.74) is 2.32. The van der Waals surface area contributed by atoms with Crippen molar-refractivity contribution in [3.05, 3.63) is 118 Å². The number of pyridine rings is 1. The number of halogens is 1. The smallest absolute Gasteiger partial charge is 0.284 e. The van der Waals surface area contributed by atoms with Crippen LogP contribution in [-0.4, -0.2) is 27.8 Å². The molecule has 3 aromatic carbocycles. The second-order valence-electron chi connectivity index (χ2n) is 9.15. The summed E-state index contributed by atoms with van der Waals surface area (Å²) >= 11 is 0. The maximum absolute atomic E-state index is 15.1. The Hall–Kier alpha value is -5.18. The Kier molecular flexibility index (Phi) is 7.46. The van der Waals surface area contributed by atoms with E-state index in [0.717, 1.165) is 11.6 Å². The molecular weight excluding hydrogens is 511 g/mol. The number of H-pyrrole nitrogens is 1.